The number of rotatable bonds is 3. The van der Waals surface area contributed by atoms with Crippen molar-refractivity contribution in [1.82, 2.24) is 4.90 Å². The molecule has 0 spiro atoms. The van der Waals surface area contributed by atoms with Crippen molar-refractivity contribution in [1.29, 1.82) is 0 Å². The third-order valence-electron chi connectivity index (χ3n) is 4.14. The standard InChI is InChI=1S/C18H20BrN/c1-14-2-4-15(5-3-14)12-20-11-10-17(13-20)16-6-8-18(19)9-7-16/h2-9,17H,10-13H2,1H3. The first-order valence-electron chi connectivity index (χ1n) is 7.24. The molecule has 1 fully saturated rings. The lowest BCUT2D eigenvalue weighted by atomic mass is 9.99. The van der Waals surface area contributed by atoms with Gasteiger partial charge < -0.3 is 0 Å². The second-order valence-electron chi connectivity index (χ2n) is 5.76. The van der Waals surface area contributed by atoms with E-state index in [0.29, 0.717) is 5.92 Å². The molecule has 0 aromatic heterocycles. The van der Waals surface area contributed by atoms with E-state index in [9.17, 15) is 0 Å². The number of hydrogen-bond acceptors (Lipinski definition) is 1. The summed E-state index contributed by atoms with van der Waals surface area (Å²) >= 11 is 3.51. The van der Waals surface area contributed by atoms with Crippen molar-refractivity contribution in [2.45, 2.75) is 25.8 Å². The molecule has 1 atom stereocenters. The van der Waals surface area contributed by atoms with Crippen molar-refractivity contribution in [3.8, 4) is 0 Å². The monoisotopic (exact) mass is 329 g/mol. The van der Waals surface area contributed by atoms with Crippen molar-refractivity contribution in [3.05, 3.63) is 69.7 Å². The van der Waals surface area contributed by atoms with Gasteiger partial charge in [0.2, 0.25) is 0 Å². The average molecular weight is 330 g/mol. The molecule has 2 aromatic rings. The number of nitrogens with zero attached hydrogens (tertiary/aromatic N) is 1. The fourth-order valence-corrected chi connectivity index (χ4v) is 3.20. The Morgan fingerprint density at radius 1 is 1.05 bits per heavy atom. The Labute approximate surface area is 129 Å². The fourth-order valence-electron chi connectivity index (χ4n) is 2.93. The Kier molecular flexibility index (Phi) is 4.23. The van der Waals surface area contributed by atoms with Gasteiger partial charge in [0.1, 0.15) is 0 Å². The lowest BCUT2D eigenvalue weighted by Crippen LogP contribution is -2.19. The normalized spacial score (nSPS) is 19.4. The van der Waals surface area contributed by atoms with E-state index in [4.69, 9.17) is 0 Å². The number of halogens is 1. The number of benzene rings is 2. The van der Waals surface area contributed by atoms with E-state index in [0.717, 1.165) is 11.0 Å². The first-order valence-corrected chi connectivity index (χ1v) is 8.03. The van der Waals surface area contributed by atoms with E-state index in [1.165, 1.54) is 36.2 Å². The largest absolute Gasteiger partial charge is 0.298 e. The molecule has 3 rings (SSSR count). The van der Waals surface area contributed by atoms with Crippen LogP contribution in [0.3, 0.4) is 0 Å². The molecule has 104 valence electrons. The van der Waals surface area contributed by atoms with Crippen LogP contribution < -0.4 is 0 Å². The second kappa shape index (κ2) is 6.11. The highest BCUT2D eigenvalue weighted by Gasteiger charge is 2.23. The Morgan fingerprint density at radius 3 is 2.45 bits per heavy atom. The zero-order valence-corrected chi connectivity index (χ0v) is 13.4. The summed E-state index contributed by atoms with van der Waals surface area (Å²) in [5, 5.41) is 0. The quantitative estimate of drug-likeness (QED) is 0.785. The van der Waals surface area contributed by atoms with Crippen LogP contribution in [-0.4, -0.2) is 18.0 Å². The Bertz CT molecular complexity index is 559. The van der Waals surface area contributed by atoms with Gasteiger partial charge in [0, 0.05) is 17.6 Å². The molecule has 2 heteroatoms. The van der Waals surface area contributed by atoms with Crippen molar-refractivity contribution >= 4 is 15.9 Å². The summed E-state index contributed by atoms with van der Waals surface area (Å²) in [5.41, 5.74) is 4.23. The van der Waals surface area contributed by atoms with Gasteiger partial charge in [-0.15, -0.1) is 0 Å². The molecular weight excluding hydrogens is 310 g/mol. The topological polar surface area (TPSA) is 3.24 Å². The highest BCUT2D eigenvalue weighted by Crippen LogP contribution is 2.29. The molecule has 1 aliphatic rings. The fraction of sp³-hybridized carbons (Fsp3) is 0.333. The second-order valence-corrected chi connectivity index (χ2v) is 6.67. The van der Waals surface area contributed by atoms with Crippen LogP contribution in [0.4, 0.5) is 0 Å². The molecule has 0 aliphatic carbocycles. The van der Waals surface area contributed by atoms with Crippen LogP contribution in [-0.2, 0) is 6.54 Å². The third kappa shape index (κ3) is 3.31. The van der Waals surface area contributed by atoms with Crippen LogP contribution in [0.2, 0.25) is 0 Å². The maximum absolute atomic E-state index is 3.51. The van der Waals surface area contributed by atoms with E-state index < -0.39 is 0 Å². The molecule has 1 aliphatic heterocycles. The first-order chi connectivity index (χ1) is 9.70. The van der Waals surface area contributed by atoms with E-state index >= 15 is 0 Å². The highest BCUT2D eigenvalue weighted by molar-refractivity contribution is 9.10. The third-order valence-corrected chi connectivity index (χ3v) is 4.67. The van der Waals surface area contributed by atoms with Crippen molar-refractivity contribution in [2.75, 3.05) is 13.1 Å². The molecule has 0 amide bonds. The summed E-state index contributed by atoms with van der Waals surface area (Å²) in [4.78, 5) is 2.57. The van der Waals surface area contributed by atoms with Gasteiger partial charge in [-0.3, -0.25) is 4.90 Å². The van der Waals surface area contributed by atoms with Crippen LogP contribution in [0.15, 0.2) is 53.0 Å². The highest BCUT2D eigenvalue weighted by atomic mass is 79.9. The van der Waals surface area contributed by atoms with E-state index in [1.54, 1.807) is 0 Å². The van der Waals surface area contributed by atoms with Crippen LogP contribution in [0.1, 0.15) is 29.0 Å². The summed E-state index contributed by atoms with van der Waals surface area (Å²) in [6.45, 7) is 5.60. The summed E-state index contributed by atoms with van der Waals surface area (Å²) in [6.07, 6.45) is 1.27. The van der Waals surface area contributed by atoms with Crippen molar-refractivity contribution < 1.29 is 0 Å². The molecule has 1 heterocycles. The van der Waals surface area contributed by atoms with Gasteiger partial charge in [0.15, 0.2) is 0 Å². The van der Waals surface area contributed by atoms with E-state index in [1.807, 2.05) is 0 Å². The van der Waals surface area contributed by atoms with Crippen LogP contribution >= 0.6 is 15.9 Å². The minimum absolute atomic E-state index is 0.688. The van der Waals surface area contributed by atoms with Gasteiger partial charge in [-0.2, -0.15) is 0 Å². The smallest absolute Gasteiger partial charge is 0.0233 e. The molecule has 1 saturated heterocycles. The maximum atomic E-state index is 3.51. The minimum atomic E-state index is 0.688. The van der Waals surface area contributed by atoms with Crippen LogP contribution in [0.5, 0.6) is 0 Å². The summed E-state index contributed by atoms with van der Waals surface area (Å²) in [7, 11) is 0. The lowest BCUT2D eigenvalue weighted by molar-refractivity contribution is 0.327. The van der Waals surface area contributed by atoms with Gasteiger partial charge in [-0.25, -0.2) is 0 Å². The molecule has 20 heavy (non-hydrogen) atoms. The summed E-state index contributed by atoms with van der Waals surface area (Å²) in [6, 6.07) is 17.7. The molecule has 0 N–H and O–H groups in total. The lowest BCUT2D eigenvalue weighted by Gasteiger charge is -2.16. The van der Waals surface area contributed by atoms with Crippen molar-refractivity contribution in [3.63, 3.8) is 0 Å². The van der Waals surface area contributed by atoms with Crippen molar-refractivity contribution in [2.24, 2.45) is 0 Å². The number of hydrogen-bond donors (Lipinski definition) is 0. The predicted molar refractivity (Wildman–Crippen MR) is 88.0 cm³/mol. The number of aryl methyl sites for hydroxylation is 1. The number of likely N-dealkylation sites (tertiary alicyclic amines) is 1. The predicted octanol–water partition coefficient (Wildman–Crippen LogP) is 4.75. The Balaban J connectivity index is 1.62. The summed E-state index contributed by atoms with van der Waals surface area (Å²) < 4.78 is 1.16. The SMILES string of the molecule is Cc1ccc(CN2CCC(c3ccc(Br)cc3)C2)cc1. The van der Waals surface area contributed by atoms with Crippen LogP contribution in [0, 0.1) is 6.92 Å². The molecule has 1 nitrogen and oxygen atoms in total. The molecule has 1 unspecified atom stereocenters. The molecule has 0 saturated carbocycles. The Morgan fingerprint density at radius 2 is 1.75 bits per heavy atom. The van der Waals surface area contributed by atoms with E-state index in [2.05, 4.69) is 76.3 Å². The Hall–Kier alpha value is -1.12. The van der Waals surface area contributed by atoms with Crippen LogP contribution in [0.25, 0.3) is 0 Å². The summed E-state index contributed by atoms with van der Waals surface area (Å²) in [5.74, 6) is 0.688. The van der Waals surface area contributed by atoms with Gasteiger partial charge in [0.05, 0.1) is 0 Å². The molecule has 0 radical (unpaired) electrons. The molecule has 0 bridgehead atoms. The maximum Gasteiger partial charge on any atom is 0.0233 e. The first kappa shape index (κ1) is 13.8. The van der Waals surface area contributed by atoms with Gasteiger partial charge in [-0.05, 0) is 49.1 Å². The average Bonchev–Trinajstić information content (AvgIpc) is 2.91. The molecular formula is C18H20BrN. The van der Waals surface area contributed by atoms with E-state index in [-0.39, 0.29) is 0 Å². The zero-order chi connectivity index (χ0) is 13.9. The zero-order valence-electron chi connectivity index (χ0n) is 11.8. The van der Waals surface area contributed by atoms with Gasteiger partial charge in [-0.1, -0.05) is 57.9 Å². The van der Waals surface area contributed by atoms with Gasteiger partial charge >= 0.3 is 0 Å². The molecule has 2 aromatic carbocycles. The minimum Gasteiger partial charge on any atom is -0.298 e. The van der Waals surface area contributed by atoms with Gasteiger partial charge in [0.25, 0.3) is 0 Å².